The van der Waals surface area contributed by atoms with Gasteiger partial charge in [-0.25, -0.2) is 0 Å². The molecule has 0 aromatic heterocycles. The number of ketones is 1. The number of rotatable bonds is 3. The fourth-order valence-electron chi connectivity index (χ4n) is 1.33. The van der Waals surface area contributed by atoms with Gasteiger partial charge in [-0.3, -0.25) is 9.69 Å². The van der Waals surface area contributed by atoms with E-state index in [9.17, 15) is 4.79 Å². The monoisotopic (exact) mass is 209 g/mol. The Morgan fingerprint density at radius 2 is 2.07 bits per heavy atom. The molecular formula is C12H19NO2. The van der Waals surface area contributed by atoms with Crippen molar-refractivity contribution in [1.29, 1.82) is 0 Å². The molecule has 15 heavy (non-hydrogen) atoms. The summed E-state index contributed by atoms with van der Waals surface area (Å²) in [5.74, 6) is 5.67. The fourth-order valence-corrected chi connectivity index (χ4v) is 1.33. The molecule has 0 unspecified atom stereocenters. The topological polar surface area (TPSA) is 29.5 Å². The highest BCUT2D eigenvalue weighted by Crippen LogP contribution is 1.97. The van der Waals surface area contributed by atoms with Crippen LogP contribution in [0.25, 0.3) is 0 Å². The molecular weight excluding hydrogens is 190 g/mol. The average molecular weight is 209 g/mol. The lowest BCUT2D eigenvalue weighted by Crippen LogP contribution is -2.36. The summed E-state index contributed by atoms with van der Waals surface area (Å²) >= 11 is 0. The van der Waals surface area contributed by atoms with Crippen LogP contribution in [-0.2, 0) is 9.53 Å². The predicted molar refractivity (Wildman–Crippen MR) is 59.5 cm³/mol. The third-order valence-corrected chi connectivity index (χ3v) is 2.39. The van der Waals surface area contributed by atoms with Crippen LogP contribution in [0.3, 0.4) is 0 Å². The van der Waals surface area contributed by atoms with E-state index in [0.717, 1.165) is 39.3 Å². The van der Waals surface area contributed by atoms with Crippen molar-refractivity contribution in [3.8, 4) is 11.8 Å². The maximum Gasteiger partial charge on any atom is 0.207 e. The minimum Gasteiger partial charge on any atom is -0.379 e. The van der Waals surface area contributed by atoms with E-state index in [1.165, 1.54) is 0 Å². The molecule has 0 atom stereocenters. The van der Waals surface area contributed by atoms with Gasteiger partial charge >= 0.3 is 0 Å². The molecule has 0 aromatic carbocycles. The molecule has 0 N–H and O–H groups in total. The summed E-state index contributed by atoms with van der Waals surface area (Å²) in [7, 11) is 0. The van der Waals surface area contributed by atoms with Crippen LogP contribution in [0.1, 0.15) is 20.3 Å². The molecule has 3 nitrogen and oxygen atoms in total. The quantitative estimate of drug-likeness (QED) is 0.512. The first-order chi connectivity index (χ1) is 7.20. The Morgan fingerprint density at radius 1 is 1.40 bits per heavy atom. The SMILES string of the molecule is CC(C)C(=O)C#CCCN1CCOCC1. The van der Waals surface area contributed by atoms with Crippen LogP contribution < -0.4 is 0 Å². The van der Waals surface area contributed by atoms with Gasteiger partial charge in [-0.2, -0.15) is 0 Å². The van der Waals surface area contributed by atoms with Gasteiger partial charge in [0.05, 0.1) is 13.2 Å². The first-order valence-corrected chi connectivity index (χ1v) is 5.53. The Kier molecular flexibility index (Phi) is 5.38. The first-order valence-electron chi connectivity index (χ1n) is 5.53. The minimum absolute atomic E-state index is 0.0286. The van der Waals surface area contributed by atoms with Crippen LogP contribution in [0.15, 0.2) is 0 Å². The van der Waals surface area contributed by atoms with E-state index < -0.39 is 0 Å². The van der Waals surface area contributed by atoms with Crippen molar-refractivity contribution in [2.75, 3.05) is 32.8 Å². The van der Waals surface area contributed by atoms with Crippen molar-refractivity contribution in [3.63, 3.8) is 0 Å². The number of nitrogens with zero attached hydrogens (tertiary/aromatic N) is 1. The van der Waals surface area contributed by atoms with Crippen molar-refractivity contribution in [2.24, 2.45) is 5.92 Å². The summed E-state index contributed by atoms with van der Waals surface area (Å²) in [6.07, 6.45) is 0.776. The molecule has 0 aromatic rings. The standard InChI is InChI=1S/C12H19NO2/c1-11(2)12(14)5-3-4-6-13-7-9-15-10-8-13/h11H,4,6-10H2,1-2H3. The number of Topliss-reactive ketones (excluding diaryl/α,β-unsaturated/α-hetero) is 1. The van der Waals surface area contributed by atoms with Gasteiger partial charge in [0.2, 0.25) is 5.78 Å². The van der Waals surface area contributed by atoms with Crippen LogP contribution in [0, 0.1) is 17.8 Å². The molecule has 0 spiro atoms. The average Bonchev–Trinajstić information content (AvgIpc) is 2.25. The first kappa shape index (κ1) is 12.2. The predicted octanol–water partition coefficient (Wildman–Crippen LogP) is 0.937. The summed E-state index contributed by atoms with van der Waals surface area (Å²) in [4.78, 5) is 13.5. The molecule has 1 saturated heterocycles. The van der Waals surface area contributed by atoms with Crippen LogP contribution in [0.2, 0.25) is 0 Å². The Morgan fingerprint density at radius 3 is 2.67 bits per heavy atom. The molecule has 3 heteroatoms. The maximum atomic E-state index is 11.2. The van der Waals surface area contributed by atoms with E-state index in [2.05, 4.69) is 16.7 Å². The molecule has 0 amide bonds. The molecule has 1 rings (SSSR count). The minimum atomic E-state index is 0.0286. The second kappa shape index (κ2) is 6.60. The number of hydrogen-bond donors (Lipinski definition) is 0. The number of carbonyl (C=O) groups is 1. The third kappa shape index (κ3) is 4.96. The van der Waals surface area contributed by atoms with Crippen molar-refractivity contribution in [1.82, 2.24) is 4.90 Å². The highest BCUT2D eigenvalue weighted by molar-refractivity contribution is 5.96. The molecule has 0 bridgehead atoms. The lowest BCUT2D eigenvalue weighted by molar-refractivity contribution is -0.116. The zero-order valence-corrected chi connectivity index (χ0v) is 9.58. The van der Waals surface area contributed by atoms with Gasteiger partial charge in [0.25, 0.3) is 0 Å². The van der Waals surface area contributed by atoms with E-state index in [1.807, 2.05) is 13.8 Å². The number of carbonyl (C=O) groups excluding carboxylic acids is 1. The normalized spacial score (nSPS) is 17.3. The van der Waals surface area contributed by atoms with Crippen LogP contribution in [0.5, 0.6) is 0 Å². The third-order valence-electron chi connectivity index (χ3n) is 2.39. The van der Waals surface area contributed by atoms with Gasteiger partial charge in [-0.1, -0.05) is 19.8 Å². The maximum absolute atomic E-state index is 11.2. The van der Waals surface area contributed by atoms with E-state index in [1.54, 1.807) is 0 Å². The highest BCUT2D eigenvalue weighted by atomic mass is 16.5. The molecule has 0 aliphatic carbocycles. The summed E-state index contributed by atoms with van der Waals surface area (Å²) in [5.41, 5.74) is 0. The molecule has 1 heterocycles. The molecule has 1 aliphatic rings. The second-order valence-electron chi connectivity index (χ2n) is 4.02. The molecule has 1 fully saturated rings. The van der Waals surface area contributed by atoms with Crippen molar-refractivity contribution in [2.45, 2.75) is 20.3 Å². The van der Waals surface area contributed by atoms with E-state index in [0.29, 0.717) is 0 Å². The Bertz CT molecular complexity index is 257. The smallest absolute Gasteiger partial charge is 0.207 e. The van der Waals surface area contributed by atoms with Crippen LogP contribution in [0.4, 0.5) is 0 Å². The lowest BCUT2D eigenvalue weighted by atomic mass is 10.1. The molecule has 0 radical (unpaired) electrons. The summed E-state index contributed by atoms with van der Waals surface area (Å²) in [6.45, 7) is 8.30. The van der Waals surface area contributed by atoms with Crippen LogP contribution >= 0.6 is 0 Å². The van der Waals surface area contributed by atoms with Gasteiger partial charge in [0, 0.05) is 32.0 Å². The van der Waals surface area contributed by atoms with Gasteiger partial charge in [0.15, 0.2) is 0 Å². The Labute approximate surface area is 91.8 Å². The highest BCUT2D eigenvalue weighted by Gasteiger charge is 2.08. The van der Waals surface area contributed by atoms with E-state index in [-0.39, 0.29) is 11.7 Å². The van der Waals surface area contributed by atoms with Gasteiger partial charge in [-0.15, -0.1) is 0 Å². The summed E-state index contributed by atoms with van der Waals surface area (Å²) < 4.78 is 5.24. The summed E-state index contributed by atoms with van der Waals surface area (Å²) in [5, 5.41) is 0. The van der Waals surface area contributed by atoms with Gasteiger partial charge in [0.1, 0.15) is 0 Å². The number of ether oxygens (including phenoxy) is 1. The largest absolute Gasteiger partial charge is 0.379 e. The molecule has 0 saturated carbocycles. The molecule has 84 valence electrons. The van der Waals surface area contributed by atoms with Crippen molar-refractivity contribution in [3.05, 3.63) is 0 Å². The van der Waals surface area contributed by atoms with Gasteiger partial charge in [-0.05, 0) is 5.92 Å². The van der Waals surface area contributed by atoms with Crippen molar-refractivity contribution >= 4 is 5.78 Å². The number of hydrogen-bond acceptors (Lipinski definition) is 3. The van der Waals surface area contributed by atoms with Crippen molar-refractivity contribution < 1.29 is 9.53 Å². The second-order valence-corrected chi connectivity index (χ2v) is 4.02. The Balaban J connectivity index is 2.17. The number of morpholine rings is 1. The zero-order valence-electron chi connectivity index (χ0n) is 9.58. The zero-order chi connectivity index (χ0) is 11.1. The lowest BCUT2D eigenvalue weighted by Gasteiger charge is -2.25. The van der Waals surface area contributed by atoms with E-state index in [4.69, 9.17) is 4.74 Å². The summed E-state index contributed by atoms with van der Waals surface area (Å²) in [6, 6.07) is 0. The Hall–Kier alpha value is -0.850. The van der Waals surface area contributed by atoms with Gasteiger partial charge < -0.3 is 4.74 Å². The fraction of sp³-hybridized carbons (Fsp3) is 0.750. The van der Waals surface area contributed by atoms with Crippen LogP contribution in [-0.4, -0.2) is 43.5 Å². The van der Waals surface area contributed by atoms with E-state index >= 15 is 0 Å². The molecule has 1 aliphatic heterocycles.